The maximum absolute atomic E-state index is 13.7. The van der Waals surface area contributed by atoms with Crippen LogP contribution < -0.4 is 10.2 Å². The number of carbonyl (C=O) groups is 3. The number of fused-ring (bicyclic) bond motifs is 1. The Morgan fingerprint density at radius 2 is 1.71 bits per heavy atom. The van der Waals surface area contributed by atoms with E-state index in [1.165, 1.54) is 5.01 Å². The number of aromatic nitrogens is 1. The van der Waals surface area contributed by atoms with E-state index < -0.39 is 23.9 Å². The van der Waals surface area contributed by atoms with Crippen LogP contribution in [0.4, 0.5) is 16.2 Å². The summed E-state index contributed by atoms with van der Waals surface area (Å²) in [5.74, 6) is -1.06. The largest absolute Gasteiger partial charge is 0.512 e. The summed E-state index contributed by atoms with van der Waals surface area (Å²) in [4.78, 5) is 45.1. The van der Waals surface area contributed by atoms with Gasteiger partial charge in [0.15, 0.2) is 0 Å². The van der Waals surface area contributed by atoms with Crippen molar-refractivity contribution in [2.24, 2.45) is 11.0 Å². The Kier molecular flexibility index (Phi) is 5.80. The number of rotatable bonds is 4. The van der Waals surface area contributed by atoms with Gasteiger partial charge in [-0.05, 0) is 42.8 Å². The Bertz CT molecular complexity index is 1510. The summed E-state index contributed by atoms with van der Waals surface area (Å²) >= 11 is 0. The highest BCUT2D eigenvalue weighted by molar-refractivity contribution is 6.35. The first-order valence-corrected chi connectivity index (χ1v) is 12.2. The molecule has 2 unspecified atom stereocenters. The van der Waals surface area contributed by atoms with E-state index in [1.807, 2.05) is 12.1 Å². The van der Waals surface area contributed by atoms with Crippen LogP contribution >= 0.6 is 0 Å². The Hall–Kier alpha value is -5.05. The summed E-state index contributed by atoms with van der Waals surface area (Å²) in [6.45, 7) is 0. The number of pyridine rings is 1. The molecule has 1 aliphatic carbocycles. The molecule has 3 aliphatic rings. The molecule has 0 radical (unpaired) electrons. The third-order valence-corrected chi connectivity index (χ3v) is 6.97. The fourth-order valence-electron chi connectivity index (χ4n) is 5.09. The van der Waals surface area contributed by atoms with Crippen molar-refractivity contribution in [1.82, 2.24) is 9.99 Å². The van der Waals surface area contributed by atoms with E-state index in [1.54, 1.807) is 79.1 Å². The summed E-state index contributed by atoms with van der Waals surface area (Å²) < 4.78 is 0. The predicted octanol–water partition coefficient (Wildman–Crippen LogP) is 4.91. The van der Waals surface area contributed by atoms with Crippen molar-refractivity contribution in [1.29, 1.82) is 0 Å². The molecule has 1 aromatic heterocycles. The van der Waals surface area contributed by atoms with E-state index in [2.05, 4.69) is 15.4 Å². The zero-order valence-corrected chi connectivity index (χ0v) is 20.2. The molecule has 38 heavy (non-hydrogen) atoms. The number of nitrogens with one attached hydrogen (secondary N) is 1. The van der Waals surface area contributed by atoms with Crippen LogP contribution in [0, 0.1) is 5.92 Å². The fourth-order valence-corrected chi connectivity index (χ4v) is 5.09. The first-order valence-electron chi connectivity index (χ1n) is 12.2. The van der Waals surface area contributed by atoms with Gasteiger partial charge in [0.1, 0.15) is 0 Å². The number of urea groups is 1. The molecule has 2 aromatic carbocycles. The normalized spacial score (nSPS) is 20.3. The number of hydrazone groups is 1. The van der Waals surface area contributed by atoms with E-state index in [9.17, 15) is 19.5 Å². The molecule has 2 N–H and O–H groups in total. The van der Waals surface area contributed by atoms with Crippen molar-refractivity contribution < 1.29 is 19.5 Å². The molecule has 4 amide bonds. The van der Waals surface area contributed by atoms with Crippen LogP contribution in [-0.2, 0) is 0 Å². The first kappa shape index (κ1) is 23.4. The number of nitrogens with zero attached hydrogens (tertiary/aromatic N) is 4. The van der Waals surface area contributed by atoms with Crippen molar-refractivity contribution in [2.45, 2.75) is 18.9 Å². The van der Waals surface area contributed by atoms with E-state index in [0.29, 0.717) is 35.4 Å². The second-order valence-electron chi connectivity index (χ2n) is 9.20. The number of amides is 4. The molecule has 2 atom stereocenters. The number of benzene rings is 2. The summed E-state index contributed by atoms with van der Waals surface area (Å²) in [7, 11) is 0. The Morgan fingerprint density at radius 3 is 2.42 bits per heavy atom. The number of para-hydroxylation sites is 2. The third-order valence-electron chi connectivity index (χ3n) is 6.97. The molecule has 188 valence electrons. The van der Waals surface area contributed by atoms with Gasteiger partial charge in [0.2, 0.25) is 0 Å². The lowest BCUT2D eigenvalue weighted by molar-refractivity contribution is 0.0926. The number of aliphatic hydroxyl groups excluding tert-OH is 1. The van der Waals surface area contributed by atoms with Crippen LogP contribution in [0.1, 0.15) is 39.1 Å². The molecule has 0 spiro atoms. The van der Waals surface area contributed by atoms with Gasteiger partial charge in [-0.2, -0.15) is 5.10 Å². The minimum atomic E-state index is -0.541. The number of allylic oxidation sites excluding steroid dienone is 3. The maximum Gasteiger partial charge on any atom is 0.342 e. The van der Waals surface area contributed by atoms with Crippen molar-refractivity contribution in [3.63, 3.8) is 0 Å². The number of carbonyl (C=O) groups excluding carboxylic acids is 3. The number of hydrogen-bond acceptors (Lipinski definition) is 6. The van der Waals surface area contributed by atoms with Crippen molar-refractivity contribution in [2.75, 3.05) is 10.2 Å². The van der Waals surface area contributed by atoms with Gasteiger partial charge >= 0.3 is 6.03 Å². The highest BCUT2D eigenvalue weighted by Gasteiger charge is 2.41. The standard InChI is InChI=1S/C29H23N5O4/c35-26-14-6-3-11-21(26)25-16-23(18-8-7-15-30-17-18)32-34(25)29(38)31-22-12-4-5-13-24(22)33-27(36)19-9-1-2-10-20(19)28(33)37/h1-10,12-15,17,21,25,35H,11,16H2,(H,31,38). The van der Waals surface area contributed by atoms with Crippen molar-refractivity contribution in [3.05, 3.63) is 114 Å². The van der Waals surface area contributed by atoms with E-state index in [4.69, 9.17) is 0 Å². The fraction of sp³-hybridized carbons (Fsp3) is 0.138. The van der Waals surface area contributed by atoms with Crippen LogP contribution in [-0.4, -0.2) is 44.7 Å². The monoisotopic (exact) mass is 505 g/mol. The SMILES string of the molecule is O=C1c2ccccc2C(=O)N1c1ccccc1NC(=O)N1N=C(c2cccnc2)CC1C1CC=CC=C1O. The molecule has 9 nitrogen and oxygen atoms in total. The quantitative estimate of drug-likeness (QED) is 0.489. The molecular weight excluding hydrogens is 482 g/mol. The second kappa shape index (κ2) is 9.44. The van der Waals surface area contributed by atoms with Gasteiger partial charge < -0.3 is 10.4 Å². The zero-order valence-electron chi connectivity index (χ0n) is 20.2. The van der Waals surface area contributed by atoms with Gasteiger partial charge in [0, 0.05) is 30.3 Å². The molecule has 0 saturated heterocycles. The highest BCUT2D eigenvalue weighted by atomic mass is 16.3. The van der Waals surface area contributed by atoms with Gasteiger partial charge in [-0.25, -0.2) is 14.7 Å². The van der Waals surface area contributed by atoms with Crippen molar-refractivity contribution in [3.8, 4) is 0 Å². The summed E-state index contributed by atoms with van der Waals surface area (Å²) in [5.41, 5.74) is 2.65. The molecule has 6 rings (SSSR count). The molecule has 9 heteroatoms. The summed E-state index contributed by atoms with van der Waals surface area (Å²) in [6, 6.07) is 16.0. The molecule has 0 saturated carbocycles. The molecule has 3 heterocycles. The summed E-state index contributed by atoms with van der Waals surface area (Å²) in [5, 5.41) is 19.4. The number of hydrogen-bond donors (Lipinski definition) is 2. The maximum atomic E-state index is 13.7. The minimum absolute atomic E-state index is 0.185. The van der Waals surface area contributed by atoms with E-state index >= 15 is 0 Å². The van der Waals surface area contributed by atoms with Gasteiger partial charge in [-0.1, -0.05) is 42.5 Å². The average Bonchev–Trinajstić information content (AvgIpc) is 3.50. The molecule has 3 aromatic rings. The number of anilines is 2. The smallest absolute Gasteiger partial charge is 0.342 e. The zero-order chi connectivity index (χ0) is 26.2. The molecule has 0 bridgehead atoms. The van der Waals surface area contributed by atoms with Gasteiger partial charge in [0.05, 0.1) is 40.0 Å². The van der Waals surface area contributed by atoms with Crippen LogP contribution in [0.2, 0.25) is 0 Å². The predicted molar refractivity (Wildman–Crippen MR) is 142 cm³/mol. The average molecular weight is 506 g/mol. The Morgan fingerprint density at radius 1 is 0.974 bits per heavy atom. The molecule has 0 fully saturated rings. The minimum Gasteiger partial charge on any atom is -0.512 e. The number of imide groups is 1. The lowest BCUT2D eigenvalue weighted by Crippen LogP contribution is -2.41. The van der Waals surface area contributed by atoms with Gasteiger partial charge in [-0.3, -0.25) is 14.6 Å². The lowest BCUT2D eigenvalue weighted by atomic mass is 9.87. The lowest BCUT2D eigenvalue weighted by Gasteiger charge is -2.30. The van der Waals surface area contributed by atoms with E-state index in [-0.39, 0.29) is 17.4 Å². The number of aliphatic hydroxyl groups is 1. The molecule has 2 aliphatic heterocycles. The van der Waals surface area contributed by atoms with Crippen LogP contribution in [0.5, 0.6) is 0 Å². The third kappa shape index (κ3) is 3.94. The topological polar surface area (TPSA) is 115 Å². The highest BCUT2D eigenvalue weighted by Crippen LogP contribution is 2.36. The molecular formula is C29H23N5O4. The first-order chi connectivity index (χ1) is 18.5. The van der Waals surface area contributed by atoms with E-state index in [0.717, 1.165) is 10.5 Å². The summed E-state index contributed by atoms with van der Waals surface area (Å²) in [6.07, 6.45) is 9.69. The van der Waals surface area contributed by atoms with Gasteiger partial charge in [-0.15, -0.1) is 0 Å². The Balaban J connectivity index is 1.32. The van der Waals surface area contributed by atoms with Gasteiger partial charge in [0.25, 0.3) is 11.8 Å². The van der Waals surface area contributed by atoms with Crippen LogP contribution in [0.3, 0.4) is 0 Å². The Labute approximate surface area is 218 Å². The van der Waals surface area contributed by atoms with Crippen LogP contribution in [0.25, 0.3) is 0 Å². The van der Waals surface area contributed by atoms with Crippen molar-refractivity contribution >= 4 is 34.9 Å². The van der Waals surface area contributed by atoms with Crippen LogP contribution in [0.15, 0.2) is 102 Å². The second-order valence-corrected chi connectivity index (χ2v) is 9.20.